The van der Waals surface area contributed by atoms with E-state index < -0.39 is 11.9 Å². The Hall–Kier alpha value is -2.63. The third-order valence-corrected chi connectivity index (χ3v) is 3.00. The van der Waals surface area contributed by atoms with Crippen LogP contribution < -0.4 is 0 Å². The van der Waals surface area contributed by atoms with Crippen molar-refractivity contribution in [2.45, 2.75) is 6.18 Å². The SMILES string of the molecule is FC(F)(F)c1ccnn1-c1cc(-c2ccccc2)ccn1. The average Bonchev–Trinajstić information content (AvgIpc) is 2.98. The third kappa shape index (κ3) is 2.65. The van der Waals surface area contributed by atoms with Crippen molar-refractivity contribution < 1.29 is 13.2 Å². The summed E-state index contributed by atoms with van der Waals surface area (Å²) in [5.41, 5.74) is 0.839. The fourth-order valence-corrected chi connectivity index (χ4v) is 2.04. The first-order valence-electron chi connectivity index (χ1n) is 6.19. The second-order valence-corrected chi connectivity index (χ2v) is 4.39. The highest BCUT2D eigenvalue weighted by Crippen LogP contribution is 2.30. The summed E-state index contributed by atoms with van der Waals surface area (Å²) in [6, 6.07) is 13.6. The van der Waals surface area contributed by atoms with E-state index in [9.17, 15) is 13.2 Å². The lowest BCUT2D eigenvalue weighted by Gasteiger charge is -2.10. The lowest BCUT2D eigenvalue weighted by molar-refractivity contribution is -0.142. The van der Waals surface area contributed by atoms with Crippen LogP contribution in [0.1, 0.15) is 5.69 Å². The highest BCUT2D eigenvalue weighted by molar-refractivity contribution is 5.64. The molecule has 0 saturated carbocycles. The Balaban J connectivity index is 2.08. The quantitative estimate of drug-likeness (QED) is 0.715. The molecule has 0 unspecified atom stereocenters. The normalized spacial score (nSPS) is 11.6. The summed E-state index contributed by atoms with van der Waals surface area (Å²) in [5, 5.41) is 3.72. The first-order chi connectivity index (χ1) is 10.1. The van der Waals surface area contributed by atoms with Gasteiger partial charge in [0.15, 0.2) is 5.82 Å². The van der Waals surface area contributed by atoms with Crippen LogP contribution in [-0.2, 0) is 6.18 Å². The molecule has 0 amide bonds. The number of pyridine rings is 1. The maximum Gasteiger partial charge on any atom is 0.433 e. The van der Waals surface area contributed by atoms with E-state index in [4.69, 9.17) is 0 Å². The summed E-state index contributed by atoms with van der Waals surface area (Å²) in [6.45, 7) is 0. The molecule has 2 aromatic heterocycles. The van der Waals surface area contributed by atoms with E-state index >= 15 is 0 Å². The van der Waals surface area contributed by atoms with E-state index in [1.165, 1.54) is 6.20 Å². The third-order valence-electron chi connectivity index (χ3n) is 3.00. The zero-order valence-corrected chi connectivity index (χ0v) is 10.7. The molecule has 0 atom stereocenters. The molecule has 1 aromatic carbocycles. The molecule has 106 valence electrons. The van der Waals surface area contributed by atoms with Gasteiger partial charge in [0.2, 0.25) is 0 Å². The Morgan fingerprint density at radius 1 is 0.857 bits per heavy atom. The minimum Gasteiger partial charge on any atom is -0.237 e. The first-order valence-corrected chi connectivity index (χ1v) is 6.19. The monoisotopic (exact) mass is 289 g/mol. The van der Waals surface area contributed by atoms with Crippen LogP contribution in [0.25, 0.3) is 16.9 Å². The second-order valence-electron chi connectivity index (χ2n) is 4.39. The highest BCUT2D eigenvalue weighted by atomic mass is 19.4. The summed E-state index contributed by atoms with van der Waals surface area (Å²) in [7, 11) is 0. The Labute approximate surface area is 118 Å². The number of rotatable bonds is 2. The first kappa shape index (κ1) is 13.4. The fourth-order valence-electron chi connectivity index (χ4n) is 2.04. The standard InChI is InChI=1S/C15H10F3N3/c16-15(17,18)13-7-9-20-21(13)14-10-12(6-8-19-14)11-4-2-1-3-5-11/h1-10H. The Bertz CT molecular complexity index is 748. The molecule has 0 aliphatic heterocycles. The molecule has 2 heterocycles. The lowest BCUT2D eigenvalue weighted by atomic mass is 10.1. The summed E-state index contributed by atoms with van der Waals surface area (Å²) in [5.74, 6) is 0.133. The zero-order valence-electron chi connectivity index (χ0n) is 10.7. The Morgan fingerprint density at radius 2 is 1.62 bits per heavy atom. The number of aromatic nitrogens is 3. The van der Waals surface area contributed by atoms with Crippen LogP contribution in [0.5, 0.6) is 0 Å². The topological polar surface area (TPSA) is 30.7 Å². The van der Waals surface area contributed by atoms with Crippen molar-refractivity contribution in [3.63, 3.8) is 0 Å². The van der Waals surface area contributed by atoms with Crippen LogP contribution >= 0.6 is 0 Å². The number of nitrogens with zero attached hydrogens (tertiary/aromatic N) is 3. The smallest absolute Gasteiger partial charge is 0.237 e. The molecule has 3 rings (SSSR count). The van der Waals surface area contributed by atoms with Gasteiger partial charge >= 0.3 is 6.18 Å². The van der Waals surface area contributed by atoms with Gasteiger partial charge in [-0.2, -0.15) is 18.3 Å². The van der Waals surface area contributed by atoms with Gasteiger partial charge in [0.25, 0.3) is 0 Å². The molecule has 0 bridgehead atoms. The number of hydrogen-bond donors (Lipinski definition) is 0. The summed E-state index contributed by atoms with van der Waals surface area (Å²) < 4.78 is 39.5. The number of hydrogen-bond acceptors (Lipinski definition) is 2. The van der Waals surface area contributed by atoms with Gasteiger partial charge in [-0.05, 0) is 29.3 Å². The highest BCUT2D eigenvalue weighted by Gasteiger charge is 2.35. The largest absolute Gasteiger partial charge is 0.433 e. The molecule has 21 heavy (non-hydrogen) atoms. The summed E-state index contributed by atoms with van der Waals surface area (Å²) in [4.78, 5) is 3.98. The van der Waals surface area contributed by atoms with E-state index in [2.05, 4.69) is 10.1 Å². The van der Waals surface area contributed by atoms with Crippen molar-refractivity contribution in [1.82, 2.24) is 14.8 Å². The maximum absolute atomic E-state index is 12.9. The summed E-state index contributed by atoms with van der Waals surface area (Å²) >= 11 is 0. The van der Waals surface area contributed by atoms with E-state index in [0.717, 1.165) is 28.1 Å². The van der Waals surface area contributed by atoms with Gasteiger partial charge in [0.05, 0.1) is 6.20 Å². The van der Waals surface area contributed by atoms with E-state index in [1.54, 1.807) is 12.1 Å². The number of benzene rings is 1. The van der Waals surface area contributed by atoms with Crippen molar-refractivity contribution in [3.8, 4) is 16.9 Å². The molecule has 0 saturated heterocycles. The van der Waals surface area contributed by atoms with Crippen LogP contribution in [0.2, 0.25) is 0 Å². The van der Waals surface area contributed by atoms with Gasteiger partial charge in [0.1, 0.15) is 5.69 Å². The molecular formula is C15H10F3N3. The van der Waals surface area contributed by atoms with Crippen LogP contribution in [0.3, 0.4) is 0 Å². The van der Waals surface area contributed by atoms with E-state index in [0.29, 0.717) is 0 Å². The van der Waals surface area contributed by atoms with Gasteiger partial charge in [-0.1, -0.05) is 30.3 Å². The molecule has 0 radical (unpaired) electrons. The Morgan fingerprint density at radius 3 is 2.33 bits per heavy atom. The molecule has 6 heteroatoms. The molecule has 3 aromatic rings. The average molecular weight is 289 g/mol. The van der Waals surface area contributed by atoms with Gasteiger partial charge in [-0.25, -0.2) is 9.67 Å². The molecule has 3 nitrogen and oxygen atoms in total. The van der Waals surface area contributed by atoms with Crippen molar-refractivity contribution in [3.05, 3.63) is 66.6 Å². The van der Waals surface area contributed by atoms with Gasteiger partial charge in [0, 0.05) is 6.20 Å². The molecule has 0 fully saturated rings. The van der Waals surface area contributed by atoms with Crippen molar-refractivity contribution in [2.24, 2.45) is 0 Å². The predicted octanol–water partition coefficient (Wildman–Crippen LogP) is 3.95. The number of halogens is 3. The Kier molecular flexibility index (Phi) is 3.21. The van der Waals surface area contributed by atoms with E-state index in [1.807, 2.05) is 30.3 Å². The second kappa shape index (κ2) is 5.05. The molecule has 0 N–H and O–H groups in total. The molecule has 0 aliphatic carbocycles. The van der Waals surface area contributed by atoms with Crippen LogP contribution in [-0.4, -0.2) is 14.8 Å². The van der Waals surface area contributed by atoms with Crippen LogP contribution in [0.4, 0.5) is 13.2 Å². The van der Waals surface area contributed by atoms with Crippen molar-refractivity contribution in [1.29, 1.82) is 0 Å². The minimum absolute atomic E-state index is 0.133. The lowest BCUT2D eigenvalue weighted by Crippen LogP contribution is -2.14. The van der Waals surface area contributed by atoms with Gasteiger partial charge in [-0.15, -0.1) is 0 Å². The summed E-state index contributed by atoms with van der Waals surface area (Å²) in [6.07, 6.45) is -1.89. The van der Waals surface area contributed by atoms with Crippen LogP contribution in [0.15, 0.2) is 60.9 Å². The minimum atomic E-state index is -4.47. The predicted molar refractivity (Wildman–Crippen MR) is 71.8 cm³/mol. The van der Waals surface area contributed by atoms with Crippen molar-refractivity contribution in [2.75, 3.05) is 0 Å². The van der Waals surface area contributed by atoms with Gasteiger partial charge in [-0.3, -0.25) is 0 Å². The maximum atomic E-state index is 12.9. The molecule has 0 aliphatic rings. The van der Waals surface area contributed by atoms with Gasteiger partial charge < -0.3 is 0 Å². The fraction of sp³-hybridized carbons (Fsp3) is 0.0667. The molecule has 0 spiro atoms. The van der Waals surface area contributed by atoms with Crippen molar-refractivity contribution >= 4 is 0 Å². The van der Waals surface area contributed by atoms with Crippen LogP contribution in [0, 0.1) is 0 Å². The number of alkyl halides is 3. The van der Waals surface area contributed by atoms with E-state index in [-0.39, 0.29) is 5.82 Å². The zero-order chi connectivity index (χ0) is 14.9. The molecular weight excluding hydrogens is 279 g/mol.